The van der Waals surface area contributed by atoms with E-state index in [0.717, 1.165) is 40.6 Å². The number of para-hydroxylation sites is 2. The fraction of sp³-hybridized carbons (Fsp3) is 0.435. The summed E-state index contributed by atoms with van der Waals surface area (Å²) in [7, 11) is 2.09. The normalized spacial score (nSPS) is 20.4. The van der Waals surface area contributed by atoms with Gasteiger partial charge in [-0.25, -0.2) is 9.97 Å². The van der Waals surface area contributed by atoms with Crippen LogP contribution in [0.25, 0.3) is 16.9 Å². The molecule has 0 aliphatic heterocycles. The fourth-order valence-electron chi connectivity index (χ4n) is 4.31. The fourth-order valence-corrected chi connectivity index (χ4v) is 4.31. The van der Waals surface area contributed by atoms with Crippen molar-refractivity contribution in [2.24, 2.45) is 13.0 Å². The Labute approximate surface area is 180 Å². The Kier molecular flexibility index (Phi) is 4.09. The number of benzene rings is 1. The quantitative estimate of drug-likeness (QED) is 0.478. The second-order valence-electron chi connectivity index (χ2n) is 8.77. The maximum absolute atomic E-state index is 5.97. The molecular weight excluding hydrogens is 390 g/mol. The predicted molar refractivity (Wildman–Crippen MR) is 115 cm³/mol. The van der Waals surface area contributed by atoms with Crippen molar-refractivity contribution < 1.29 is 4.74 Å². The van der Waals surface area contributed by atoms with Crippen LogP contribution >= 0.6 is 0 Å². The topological polar surface area (TPSA) is 83.5 Å². The lowest BCUT2D eigenvalue weighted by Gasteiger charge is -2.10. The molecule has 2 aliphatic carbocycles. The maximum atomic E-state index is 5.97. The Hall–Kier alpha value is -3.29. The van der Waals surface area contributed by atoms with Gasteiger partial charge in [-0.3, -0.25) is 0 Å². The minimum atomic E-state index is 0.297. The highest BCUT2D eigenvalue weighted by Crippen LogP contribution is 2.54. The lowest BCUT2D eigenvalue weighted by Crippen LogP contribution is -2.09. The number of rotatable bonds is 6. The first-order chi connectivity index (χ1) is 15.1. The molecule has 6 rings (SSSR count). The van der Waals surface area contributed by atoms with E-state index in [2.05, 4.69) is 44.9 Å². The van der Waals surface area contributed by atoms with Crippen molar-refractivity contribution in [3.63, 3.8) is 0 Å². The lowest BCUT2D eigenvalue weighted by atomic mass is 10.2. The van der Waals surface area contributed by atoms with Crippen LogP contribution in [0.1, 0.15) is 54.3 Å². The molecule has 8 heteroatoms. The van der Waals surface area contributed by atoms with Crippen LogP contribution in [0.4, 0.5) is 0 Å². The zero-order valence-electron chi connectivity index (χ0n) is 18.0. The third-order valence-electron chi connectivity index (χ3n) is 6.27. The Morgan fingerprint density at radius 2 is 1.87 bits per heavy atom. The molecule has 2 fully saturated rings. The van der Waals surface area contributed by atoms with E-state index in [9.17, 15) is 0 Å². The summed E-state index contributed by atoms with van der Waals surface area (Å²) in [6.45, 7) is 4.50. The SMILES string of the molecule is Cc1nc(C)n(-c2cc([C@H]3C[C@@H]3c3nc4ccccc4n3C)nc(OCC3CC3)n2)n1. The minimum absolute atomic E-state index is 0.297. The van der Waals surface area contributed by atoms with E-state index < -0.39 is 0 Å². The second-order valence-corrected chi connectivity index (χ2v) is 8.77. The highest BCUT2D eigenvalue weighted by atomic mass is 16.5. The summed E-state index contributed by atoms with van der Waals surface area (Å²) >= 11 is 0. The molecule has 3 heterocycles. The number of imidazole rings is 1. The molecular formula is C23H25N7O. The van der Waals surface area contributed by atoms with Gasteiger partial charge in [0.25, 0.3) is 0 Å². The number of ether oxygens (including phenoxy) is 1. The van der Waals surface area contributed by atoms with Crippen LogP contribution in [0.5, 0.6) is 6.01 Å². The third-order valence-corrected chi connectivity index (χ3v) is 6.27. The van der Waals surface area contributed by atoms with Crippen LogP contribution in [0, 0.1) is 19.8 Å². The van der Waals surface area contributed by atoms with E-state index in [-0.39, 0.29) is 0 Å². The Morgan fingerprint density at radius 3 is 2.61 bits per heavy atom. The third kappa shape index (κ3) is 3.36. The molecule has 8 nitrogen and oxygen atoms in total. The highest BCUT2D eigenvalue weighted by molar-refractivity contribution is 5.76. The van der Waals surface area contributed by atoms with Crippen LogP contribution in [-0.2, 0) is 7.05 Å². The van der Waals surface area contributed by atoms with E-state index >= 15 is 0 Å². The van der Waals surface area contributed by atoms with Gasteiger partial charge in [-0.15, -0.1) is 5.10 Å². The number of aromatic nitrogens is 7. The van der Waals surface area contributed by atoms with Gasteiger partial charge in [0.05, 0.1) is 23.3 Å². The van der Waals surface area contributed by atoms with Gasteiger partial charge >= 0.3 is 6.01 Å². The molecule has 2 aliphatic rings. The molecule has 0 radical (unpaired) electrons. The monoisotopic (exact) mass is 415 g/mol. The molecule has 0 bridgehead atoms. The van der Waals surface area contributed by atoms with E-state index in [1.807, 2.05) is 26.0 Å². The van der Waals surface area contributed by atoms with Gasteiger partial charge in [0.15, 0.2) is 5.82 Å². The molecule has 1 aromatic carbocycles. The summed E-state index contributed by atoms with van der Waals surface area (Å²) in [6.07, 6.45) is 3.47. The van der Waals surface area contributed by atoms with E-state index in [0.29, 0.717) is 36.2 Å². The Bertz CT molecular complexity index is 1290. The van der Waals surface area contributed by atoms with Gasteiger partial charge in [0.2, 0.25) is 0 Å². The smallest absolute Gasteiger partial charge is 0.318 e. The number of aryl methyl sites for hydroxylation is 3. The van der Waals surface area contributed by atoms with Crippen LogP contribution in [0.3, 0.4) is 0 Å². The molecule has 0 unspecified atom stereocenters. The molecule has 158 valence electrons. The van der Waals surface area contributed by atoms with E-state index in [1.54, 1.807) is 4.68 Å². The molecule has 2 atom stereocenters. The van der Waals surface area contributed by atoms with Gasteiger partial charge in [0, 0.05) is 24.9 Å². The molecule has 2 saturated carbocycles. The van der Waals surface area contributed by atoms with Gasteiger partial charge in [0.1, 0.15) is 17.5 Å². The first-order valence-corrected chi connectivity index (χ1v) is 10.9. The Balaban J connectivity index is 1.35. The summed E-state index contributed by atoms with van der Waals surface area (Å²) in [6, 6.07) is 10.7. The van der Waals surface area contributed by atoms with E-state index in [4.69, 9.17) is 14.7 Å². The molecule has 0 spiro atoms. The van der Waals surface area contributed by atoms with Crippen molar-refractivity contribution in [3.05, 3.63) is 53.5 Å². The summed E-state index contributed by atoms with van der Waals surface area (Å²) in [5.74, 6) is 4.63. The van der Waals surface area contributed by atoms with Crippen LogP contribution in [0.15, 0.2) is 30.3 Å². The van der Waals surface area contributed by atoms with Gasteiger partial charge in [-0.05, 0) is 51.2 Å². The predicted octanol–water partition coefficient (Wildman–Crippen LogP) is 3.62. The molecule has 3 aromatic heterocycles. The average Bonchev–Trinajstić information content (AvgIpc) is 3.68. The second kappa shape index (κ2) is 6.87. The van der Waals surface area contributed by atoms with E-state index in [1.165, 1.54) is 12.8 Å². The summed E-state index contributed by atoms with van der Waals surface area (Å²) in [4.78, 5) is 18.8. The van der Waals surface area contributed by atoms with Crippen molar-refractivity contribution in [2.45, 2.75) is 44.9 Å². The molecule has 0 amide bonds. The zero-order valence-corrected chi connectivity index (χ0v) is 18.0. The van der Waals surface area contributed by atoms with Crippen LogP contribution in [0.2, 0.25) is 0 Å². The van der Waals surface area contributed by atoms with Crippen LogP contribution < -0.4 is 4.74 Å². The number of hydrogen-bond acceptors (Lipinski definition) is 6. The van der Waals surface area contributed by atoms with Crippen molar-refractivity contribution in [1.82, 2.24) is 34.3 Å². The molecule has 4 aromatic rings. The number of hydrogen-bond donors (Lipinski definition) is 0. The lowest BCUT2D eigenvalue weighted by molar-refractivity contribution is 0.275. The standard InChI is InChI=1S/C23H25N7O/c1-13-24-14(2)30(28-13)21-11-19(26-23(27-21)31-12-15-8-9-15)16-10-17(16)22-25-18-6-4-5-7-20(18)29(22)3/h4-7,11,15-17H,8-10,12H2,1-3H3/t16-,17-/m0/s1. The van der Waals surface area contributed by atoms with Gasteiger partial charge in [-0.1, -0.05) is 12.1 Å². The van der Waals surface area contributed by atoms with Crippen LogP contribution in [-0.4, -0.2) is 40.9 Å². The number of nitrogens with zero attached hydrogens (tertiary/aromatic N) is 7. The average molecular weight is 416 g/mol. The van der Waals surface area contributed by atoms with Crippen molar-refractivity contribution in [3.8, 4) is 11.8 Å². The Morgan fingerprint density at radius 1 is 1.03 bits per heavy atom. The van der Waals surface area contributed by atoms with Crippen molar-refractivity contribution >= 4 is 11.0 Å². The zero-order chi connectivity index (χ0) is 21.1. The first kappa shape index (κ1) is 18.5. The summed E-state index contributed by atoms with van der Waals surface area (Å²) in [5.41, 5.74) is 3.19. The summed E-state index contributed by atoms with van der Waals surface area (Å²) < 4.78 is 9.95. The van der Waals surface area contributed by atoms with Crippen molar-refractivity contribution in [2.75, 3.05) is 6.61 Å². The number of fused-ring (bicyclic) bond motifs is 1. The minimum Gasteiger partial charge on any atom is -0.463 e. The largest absolute Gasteiger partial charge is 0.463 e. The molecule has 0 N–H and O–H groups in total. The molecule has 0 saturated heterocycles. The molecule has 31 heavy (non-hydrogen) atoms. The summed E-state index contributed by atoms with van der Waals surface area (Å²) in [5, 5.41) is 4.51. The maximum Gasteiger partial charge on any atom is 0.318 e. The van der Waals surface area contributed by atoms with Gasteiger partial charge < -0.3 is 9.30 Å². The van der Waals surface area contributed by atoms with Crippen molar-refractivity contribution in [1.29, 1.82) is 0 Å². The van der Waals surface area contributed by atoms with Gasteiger partial charge in [-0.2, -0.15) is 14.6 Å². The first-order valence-electron chi connectivity index (χ1n) is 10.9. The highest BCUT2D eigenvalue weighted by Gasteiger charge is 2.44.